The molecule has 108 valence electrons. The lowest BCUT2D eigenvalue weighted by Crippen LogP contribution is -2.16. The molecule has 6 heteroatoms. The first-order valence-corrected chi connectivity index (χ1v) is 8.36. The summed E-state index contributed by atoms with van der Waals surface area (Å²) < 4.78 is 12.9. The van der Waals surface area contributed by atoms with Crippen LogP contribution < -0.4 is 5.32 Å². The molecule has 3 aromatic rings. The van der Waals surface area contributed by atoms with Gasteiger partial charge in [-0.15, -0.1) is 22.7 Å². The van der Waals surface area contributed by atoms with Crippen LogP contribution in [0.15, 0.2) is 41.2 Å². The third-order valence-corrected chi connectivity index (χ3v) is 4.73. The summed E-state index contributed by atoms with van der Waals surface area (Å²) in [6.45, 7) is 1.62. The lowest BCUT2D eigenvalue weighted by atomic mass is 10.2. The maximum absolute atomic E-state index is 12.9. The second-order valence-electron chi connectivity index (χ2n) is 4.50. The molecule has 0 fully saturated rings. The molecule has 0 bridgehead atoms. The van der Waals surface area contributed by atoms with Crippen molar-refractivity contribution in [3.8, 4) is 10.6 Å². The first-order valence-electron chi connectivity index (χ1n) is 6.61. The lowest BCUT2D eigenvalue weighted by Gasteiger charge is -2.00. The highest BCUT2D eigenvalue weighted by Crippen LogP contribution is 2.23. The Hall–Kier alpha value is -1.63. The maximum atomic E-state index is 12.9. The quantitative estimate of drug-likeness (QED) is 0.703. The lowest BCUT2D eigenvalue weighted by molar-refractivity contribution is 0.628. The first kappa shape index (κ1) is 14.3. The van der Waals surface area contributed by atoms with Crippen molar-refractivity contribution in [3.63, 3.8) is 0 Å². The standard InChI is InChI=1S/C15H14FN3S2/c16-12-3-1-11(2-4-12)15-19-13(10-21-15)9-17-6-5-14-18-7-8-20-14/h1-4,7-8,10,17H,5-6,9H2. The summed E-state index contributed by atoms with van der Waals surface area (Å²) in [6.07, 6.45) is 2.77. The maximum Gasteiger partial charge on any atom is 0.123 e. The topological polar surface area (TPSA) is 37.8 Å². The summed E-state index contributed by atoms with van der Waals surface area (Å²) >= 11 is 3.26. The van der Waals surface area contributed by atoms with Gasteiger partial charge in [-0.3, -0.25) is 0 Å². The van der Waals surface area contributed by atoms with Gasteiger partial charge in [-0.25, -0.2) is 14.4 Å². The van der Waals surface area contributed by atoms with Crippen LogP contribution in [-0.2, 0) is 13.0 Å². The fourth-order valence-electron chi connectivity index (χ4n) is 1.90. The summed E-state index contributed by atoms with van der Waals surface area (Å²) in [4.78, 5) is 8.81. The first-order chi connectivity index (χ1) is 10.3. The third-order valence-electron chi connectivity index (χ3n) is 2.95. The van der Waals surface area contributed by atoms with E-state index in [1.54, 1.807) is 34.8 Å². The molecule has 0 aliphatic carbocycles. The minimum absolute atomic E-state index is 0.223. The van der Waals surface area contributed by atoms with E-state index >= 15 is 0 Å². The van der Waals surface area contributed by atoms with E-state index in [9.17, 15) is 4.39 Å². The average molecular weight is 319 g/mol. The SMILES string of the molecule is Fc1ccc(-c2nc(CNCCc3nccs3)cs2)cc1. The zero-order valence-electron chi connectivity index (χ0n) is 11.3. The van der Waals surface area contributed by atoms with Gasteiger partial charge in [0.25, 0.3) is 0 Å². The minimum atomic E-state index is -0.223. The predicted molar refractivity (Wildman–Crippen MR) is 85.0 cm³/mol. The van der Waals surface area contributed by atoms with Crippen molar-refractivity contribution >= 4 is 22.7 Å². The molecule has 3 rings (SSSR count). The van der Waals surface area contributed by atoms with Crippen LogP contribution in [0.5, 0.6) is 0 Å². The summed E-state index contributed by atoms with van der Waals surface area (Å²) in [5.41, 5.74) is 1.97. The van der Waals surface area contributed by atoms with Gasteiger partial charge in [0.1, 0.15) is 10.8 Å². The molecule has 0 amide bonds. The Labute approximate surface area is 130 Å². The number of halogens is 1. The smallest absolute Gasteiger partial charge is 0.123 e. The molecule has 0 unspecified atom stereocenters. The Morgan fingerprint density at radius 1 is 1.14 bits per heavy atom. The Morgan fingerprint density at radius 3 is 2.76 bits per heavy atom. The number of rotatable bonds is 6. The molecule has 2 heterocycles. The normalized spacial score (nSPS) is 10.9. The Morgan fingerprint density at radius 2 is 2.00 bits per heavy atom. The number of benzene rings is 1. The van der Waals surface area contributed by atoms with Crippen LogP contribution in [0, 0.1) is 5.82 Å². The number of hydrogen-bond acceptors (Lipinski definition) is 5. The van der Waals surface area contributed by atoms with Crippen LogP contribution in [-0.4, -0.2) is 16.5 Å². The van der Waals surface area contributed by atoms with Crippen molar-refractivity contribution in [1.29, 1.82) is 0 Å². The molecule has 21 heavy (non-hydrogen) atoms. The van der Waals surface area contributed by atoms with Crippen LogP contribution in [0.25, 0.3) is 10.6 Å². The highest BCUT2D eigenvalue weighted by molar-refractivity contribution is 7.13. The van der Waals surface area contributed by atoms with Gasteiger partial charge in [0.2, 0.25) is 0 Å². The fraction of sp³-hybridized carbons (Fsp3) is 0.200. The number of hydrogen-bond donors (Lipinski definition) is 1. The number of aromatic nitrogens is 2. The van der Waals surface area contributed by atoms with Gasteiger partial charge in [0.15, 0.2) is 0 Å². The van der Waals surface area contributed by atoms with E-state index in [0.29, 0.717) is 0 Å². The van der Waals surface area contributed by atoms with E-state index < -0.39 is 0 Å². The molecule has 0 radical (unpaired) electrons. The highest BCUT2D eigenvalue weighted by atomic mass is 32.1. The summed E-state index contributed by atoms with van der Waals surface area (Å²) in [7, 11) is 0. The summed E-state index contributed by atoms with van der Waals surface area (Å²) in [5.74, 6) is -0.223. The van der Waals surface area contributed by atoms with Crippen LogP contribution in [0.3, 0.4) is 0 Å². The second-order valence-corrected chi connectivity index (χ2v) is 6.34. The van der Waals surface area contributed by atoms with Gasteiger partial charge in [-0.1, -0.05) is 0 Å². The fourth-order valence-corrected chi connectivity index (χ4v) is 3.35. The van der Waals surface area contributed by atoms with Crippen molar-refractivity contribution in [2.45, 2.75) is 13.0 Å². The molecule has 2 aromatic heterocycles. The van der Waals surface area contributed by atoms with Crippen LogP contribution in [0.2, 0.25) is 0 Å². The third kappa shape index (κ3) is 3.93. The second kappa shape index (κ2) is 6.89. The van der Waals surface area contributed by atoms with E-state index in [4.69, 9.17) is 0 Å². The molecular formula is C15H14FN3S2. The monoisotopic (exact) mass is 319 g/mol. The van der Waals surface area contributed by atoms with Gasteiger partial charge in [-0.2, -0.15) is 0 Å². The van der Waals surface area contributed by atoms with E-state index in [2.05, 4.69) is 15.3 Å². The Kier molecular flexibility index (Phi) is 4.69. The zero-order valence-corrected chi connectivity index (χ0v) is 12.9. The highest BCUT2D eigenvalue weighted by Gasteiger charge is 2.05. The number of nitrogens with one attached hydrogen (secondary N) is 1. The molecule has 1 aromatic carbocycles. The van der Waals surface area contributed by atoms with Crippen LogP contribution in [0.4, 0.5) is 4.39 Å². The van der Waals surface area contributed by atoms with Gasteiger partial charge in [0, 0.05) is 42.0 Å². The Bertz CT molecular complexity index is 677. The van der Waals surface area contributed by atoms with E-state index in [1.807, 2.05) is 17.0 Å². The molecule has 0 aliphatic heterocycles. The minimum Gasteiger partial charge on any atom is -0.311 e. The van der Waals surface area contributed by atoms with Gasteiger partial charge in [-0.05, 0) is 24.3 Å². The molecule has 0 atom stereocenters. The van der Waals surface area contributed by atoms with Gasteiger partial charge < -0.3 is 5.32 Å². The number of nitrogens with zero attached hydrogens (tertiary/aromatic N) is 2. The number of thiazole rings is 2. The molecule has 0 aliphatic rings. The molecule has 0 saturated carbocycles. The Balaban J connectivity index is 1.52. The van der Waals surface area contributed by atoms with Crippen molar-refractivity contribution < 1.29 is 4.39 Å². The van der Waals surface area contributed by atoms with Crippen LogP contribution in [0.1, 0.15) is 10.7 Å². The van der Waals surface area contributed by atoms with Crippen molar-refractivity contribution in [2.75, 3.05) is 6.54 Å². The van der Waals surface area contributed by atoms with E-state index in [1.165, 1.54) is 12.1 Å². The average Bonchev–Trinajstić information content (AvgIpc) is 3.16. The summed E-state index contributed by atoms with van der Waals surface area (Å²) in [6, 6.07) is 6.44. The molecular weight excluding hydrogens is 305 g/mol. The largest absolute Gasteiger partial charge is 0.311 e. The van der Waals surface area contributed by atoms with Crippen LogP contribution >= 0.6 is 22.7 Å². The molecule has 0 saturated heterocycles. The van der Waals surface area contributed by atoms with Crippen molar-refractivity contribution in [1.82, 2.24) is 15.3 Å². The van der Waals surface area contributed by atoms with Gasteiger partial charge >= 0.3 is 0 Å². The molecule has 3 nitrogen and oxygen atoms in total. The zero-order chi connectivity index (χ0) is 14.5. The van der Waals surface area contributed by atoms with Crippen molar-refractivity contribution in [3.05, 3.63) is 57.7 Å². The molecule has 1 N–H and O–H groups in total. The summed E-state index contributed by atoms with van der Waals surface area (Å²) in [5, 5.41) is 9.46. The van der Waals surface area contributed by atoms with E-state index in [0.717, 1.165) is 40.8 Å². The van der Waals surface area contributed by atoms with Crippen molar-refractivity contribution in [2.24, 2.45) is 0 Å². The van der Waals surface area contributed by atoms with Gasteiger partial charge in [0.05, 0.1) is 10.7 Å². The molecule has 0 spiro atoms. The van der Waals surface area contributed by atoms with E-state index in [-0.39, 0.29) is 5.82 Å². The predicted octanol–water partition coefficient (Wildman–Crippen LogP) is 3.74.